The van der Waals surface area contributed by atoms with Crippen LogP contribution in [0.5, 0.6) is 0 Å². The van der Waals surface area contributed by atoms with Gasteiger partial charge in [0.15, 0.2) is 9.84 Å². The smallest absolute Gasteiger partial charge is 0.178 e. The Bertz CT molecular complexity index is 470. The molecule has 0 unspecified atom stereocenters. The van der Waals surface area contributed by atoms with E-state index in [1.54, 1.807) is 19.1 Å². The third-order valence-corrected chi connectivity index (χ3v) is 4.55. The molecule has 1 rings (SSSR count). The highest BCUT2D eigenvalue weighted by Crippen LogP contribution is 2.19. The van der Waals surface area contributed by atoms with Crippen molar-refractivity contribution in [2.45, 2.75) is 39.0 Å². The summed E-state index contributed by atoms with van der Waals surface area (Å²) < 4.78 is 23.3. The van der Waals surface area contributed by atoms with Crippen molar-refractivity contribution in [1.29, 1.82) is 0 Å². The van der Waals surface area contributed by atoms with Gasteiger partial charge in [0.05, 0.1) is 10.6 Å². The van der Waals surface area contributed by atoms with Crippen molar-refractivity contribution >= 4 is 15.5 Å². The minimum atomic E-state index is -3.09. The van der Waals surface area contributed by atoms with Gasteiger partial charge in [-0.2, -0.15) is 0 Å². The van der Waals surface area contributed by atoms with Crippen LogP contribution >= 0.6 is 0 Å². The summed E-state index contributed by atoms with van der Waals surface area (Å²) >= 11 is 0. The first-order valence-electron chi connectivity index (χ1n) is 6.31. The third kappa shape index (κ3) is 4.69. The number of hydrogen-bond donors (Lipinski definition) is 1. The number of hydrogen-bond acceptors (Lipinski definition) is 3. The number of nitrogens with one attached hydrogen (secondary N) is 1. The average molecular weight is 269 g/mol. The van der Waals surface area contributed by atoms with Gasteiger partial charge in [0.25, 0.3) is 0 Å². The molecule has 0 amide bonds. The lowest BCUT2D eigenvalue weighted by molar-refractivity contribution is 0.390. The lowest BCUT2D eigenvalue weighted by Gasteiger charge is -2.18. The normalized spacial score (nSPS) is 12.4. The zero-order valence-corrected chi connectivity index (χ0v) is 12.5. The Morgan fingerprint density at radius 2 is 1.67 bits per heavy atom. The van der Waals surface area contributed by atoms with E-state index < -0.39 is 9.84 Å². The van der Waals surface area contributed by atoms with Crippen LogP contribution in [0.3, 0.4) is 0 Å². The SMILES string of the molecule is CCS(=O)(=O)c1ccc(NCCC(C)(C)C)cc1. The molecular weight excluding hydrogens is 246 g/mol. The van der Waals surface area contributed by atoms with Crippen molar-refractivity contribution in [2.24, 2.45) is 5.41 Å². The predicted molar refractivity (Wildman–Crippen MR) is 76.7 cm³/mol. The van der Waals surface area contributed by atoms with Crippen LogP contribution in [0.4, 0.5) is 5.69 Å². The van der Waals surface area contributed by atoms with Crippen LogP contribution in [0, 0.1) is 5.41 Å². The molecule has 18 heavy (non-hydrogen) atoms. The van der Waals surface area contributed by atoms with Gasteiger partial charge in [0, 0.05) is 12.2 Å². The lowest BCUT2D eigenvalue weighted by atomic mass is 9.92. The fourth-order valence-electron chi connectivity index (χ4n) is 1.53. The fraction of sp³-hybridized carbons (Fsp3) is 0.571. The van der Waals surface area contributed by atoms with Crippen LogP contribution < -0.4 is 5.32 Å². The quantitative estimate of drug-likeness (QED) is 0.892. The Morgan fingerprint density at radius 3 is 2.11 bits per heavy atom. The minimum absolute atomic E-state index is 0.143. The monoisotopic (exact) mass is 269 g/mol. The summed E-state index contributed by atoms with van der Waals surface area (Å²) in [6, 6.07) is 6.98. The molecule has 0 radical (unpaired) electrons. The molecule has 0 aliphatic rings. The van der Waals surface area contributed by atoms with Gasteiger partial charge in [-0.05, 0) is 36.1 Å². The summed E-state index contributed by atoms with van der Waals surface area (Å²) in [6.45, 7) is 9.15. The molecule has 0 heterocycles. The van der Waals surface area contributed by atoms with Crippen LogP contribution in [-0.2, 0) is 9.84 Å². The summed E-state index contributed by atoms with van der Waals surface area (Å²) in [4.78, 5) is 0.395. The second-order valence-electron chi connectivity index (χ2n) is 5.67. The van der Waals surface area contributed by atoms with Gasteiger partial charge in [-0.25, -0.2) is 8.42 Å². The van der Waals surface area contributed by atoms with Gasteiger partial charge >= 0.3 is 0 Å². The topological polar surface area (TPSA) is 46.2 Å². The molecule has 0 spiro atoms. The van der Waals surface area contributed by atoms with E-state index in [1.807, 2.05) is 12.1 Å². The summed E-state index contributed by atoms with van der Waals surface area (Å²) in [5, 5.41) is 3.30. The Balaban J connectivity index is 2.62. The first-order chi connectivity index (χ1) is 8.24. The molecular formula is C14H23NO2S. The molecule has 3 nitrogen and oxygen atoms in total. The second kappa shape index (κ2) is 5.74. The largest absolute Gasteiger partial charge is 0.385 e. The second-order valence-corrected chi connectivity index (χ2v) is 7.94. The van der Waals surface area contributed by atoms with E-state index in [2.05, 4.69) is 26.1 Å². The molecule has 0 fully saturated rings. The van der Waals surface area contributed by atoms with Crippen molar-refractivity contribution in [2.75, 3.05) is 17.6 Å². The molecule has 0 saturated carbocycles. The molecule has 0 saturated heterocycles. The molecule has 102 valence electrons. The Kier molecular flexibility index (Phi) is 4.79. The van der Waals surface area contributed by atoms with E-state index in [9.17, 15) is 8.42 Å². The number of benzene rings is 1. The van der Waals surface area contributed by atoms with Crippen LogP contribution in [0.15, 0.2) is 29.2 Å². The zero-order chi connectivity index (χ0) is 13.8. The number of anilines is 1. The summed E-state index contributed by atoms with van der Waals surface area (Å²) in [6.07, 6.45) is 1.07. The van der Waals surface area contributed by atoms with Crippen molar-refractivity contribution < 1.29 is 8.42 Å². The molecule has 4 heteroatoms. The van der Waals surface area contributed by atoms with Gasteiger partial charge in [-0.1, -0.05) is 27.7 Å². The third-order valence-electron chi connectivity index (χ3n) is 2.80. The highest BCUT2D eigenvalue weighted by molar-refractivity contribution is 7.91. The first-order valence-corrected chi connectivity index (χ1v) is 7.96. The van der Waals surface area contributed by atoms with Crippen molar-refractivity contribution in [3.8, 4) is 0 Å². The highest BCUT2D eigenvalue weighted by Gasteiger charge is 2.11. The number of rotatable bonds is 5. The molecule has 0 aromatic heterocycles. The summed E-state index contributed by atoms with van der Waals surface area (Å²) in [5.74, 6) is 0.143. The molecule has 0 aliphatic heterocycles. The lowest BCUT2D eigenvalue weighted by Crippen LogP contribution is -2.12. The van der Waals surface area contributed by atoms with E-state index in [-0.39, 0.29) is 5.75 Å². The van der Waals surface area contributed by atoms with E-state index >= 15 is 0 Å². The Hall–Kier alpha value is -1.03. The van der Waals surface area contributed by atoms with Gasteiger partial charge in [-0.15, -0.1) is 0 Å². The maximum Gasteiger partial charge on any atom is 0.178 e. The highest BCUT2D eigenvalue weighted by atomic mass is 32.2. The minimum Gasteiger partial charge on any atom is -0.385 e. The van der Waals surface area contributed by atoms with Crippen molar-refractivity contribution in [3.05, 3.63) is 24.3 Å². The average Bonchev–Trinajstić information content (AvgIpc) is 2.28. The van der Waals surface area contributed by atoms with Crippen molar-refractivity contribution in [1.82, 2.24) is 0 Å². The van der Waals surface area contributed by atoms with Gasteiger partial charge in [-0.3, -0.25) is 0 Å². The molecule has 0 aliphatic carbocycles. The molecule has 0 atom stereocenters. The predicted octanol–water partition coefficient (Wildman–Crippen LogP) is 3.33. The van der Waals surface area contributed by atoms with Gasteiger partial charge in [0.2, 0.25) is 0 Å². The summed E-state index contributed by atoms with van der Waals surface area (Å²) in [7, 11) is -3.09. The number of sulfone groups is 1. The van der Waals surface area contributed by atoms with E-state index in [0.29, 0.717) is 10.3 Å². The standard InChI is InChI=1S/C14H23NO2S/c1-5-18(16,17)13-8-6-12(7-9-13)15-11-10-14(2,3)4/h6-9,15H,5,10-11H2,1-4H3. The van der Waals surface area contributed by atoms with Crippen molar-refractivity contribution in [3.63, 3.8) is 0 Å². The van der Waals surface area contributed by atoms with Crippen LogP contribution in [-0.4, -0.2) is 20.7 Å². The van der Waals surface area contributed by atoms with E-state index in [4.69, 9.17) is 0 Å². The van der Waals surface area contributed by atoms with E-state index in [0.717, 1.165) is 18.7 Å². The molecule has 1 N–H and O–H groups in total. The first kappa shape index (κ1) is 15.0. The van der Waals surface area contributed by atoms with Gasteiger partial charge < -0.3 is 5.32 Å². The van der Waals surface area contributed by atoms with Crippen LogP contribution in [0.1, 0.15) is 34.1 Å². The maximum absolute atomic E-state index is 11.6. The fourth-order valence-corrected chi connectivity index (χ4v) is 2.41. The molecule has 1 aromatic carbocycles. The zero-order valence-electron chi connectivity index (χ0n) is 11.7. The maximum atomic E-state index is 11.6. The molecule has 0 bridgehead atoms. The Labute approximate surface area is 111 Å². The van der Waals surface area contributed by atoms with E-state index in [1.165, 1.54) is 0 Å². The van der Waals surface area contributed by atoms with Gasteiger partial charge in [0.1, 0.15) is 0 Å². The van der Waals surface area contributed by atoms with Crippen LogP contribution in [0.2, 0.25) is 0 Å². The summed E-state index contributed by atoms with van der Waals surface area (Å²) in [5.41, 5.74) is 1.27. The van der Waals surface area contributed by atoms with Crippen LogP contribution in [0.25, 0.3) is 0 Å². The Morgan fingerprint density at radius 1 is 1.11 bits per heavy atom. The molecule has 1 aromatic rings.